The number of fused-ring (bicyclic) bond motifs is 10. The number of hydrogen-bond donors (Lipinski definition) is 0. The van der Waals surface area contributed by atoms with Crippen LogP contribution >= 0.6 is 22.7 Å². The molecule has 106 heavy (non-hydrogen) atoms. The molecule has 0 aliphatic heterocycles. The van der Waals surface area contributed by atoms with Crippen LogP contribution in [0.3, 0.4) is 0 Å². The predicted molar refractivity (Wildman–Crippen MR) is 454 cm³/mol. The van der Waals surface area contributed by atoms with E-state index in [0.717, 1.165) is 34.1 Å². The van der Waals surface area contributed by atoms with Gasteiger partial charge in [0.2, 0.25) is 0 Å². The number of rotatable bonds is 14. The predicted octanol–water partition coefficient (Wildman–Crippen LogP) is 28.9. The summed E-state index contributed by atoms with van der Waals surface area (Å²) >= 11 is 3.80. The number of aromatic nitrogens is 2. The first-order valence-corrected chi connectivity index (χ1v) is 37.7. The lowest BCUT2D eigenvalue weighted by atomic mass is 10.00. The highest BCUT2D eigenvalue weighted by Gasteiger charge is 2.24. The second kappa shape index (κ2) is 27.8. The molecule has 500 valence electrons. The Bertz CT molecular complexity index is 6420. The molecule has 20 rings (SSSR count). The zero-order valence-corrected chi connectivity index (χ0v) is 59.5. The van der Waals surface area contributed by atoms with Crippen molar-refractivity contribution >= 4 is 119 Å². The van der Waals surface area contributed by atoms with Gasteiger partial charge in [0, 0.05) is 76.4 Å². The maximum atomic E-state index is 2.43. The lowest BCUT2D eigenvalue weighted by Gasteiger charge is -2.26. The Kier molecular flexibility index (Phi) is 16.7. The minimum atomic E-state index is 1.11. The van der Waals surface area contributed by atoms with Gasteiger partial charge in [-0.3, -0.25) is 0 Å². The molecule has 16 aromatic carbocycles. The van der Waals surface area contributed by atoms with Gasteiger partial charge in [0.25, 0.3) is 0 Å². The van der Waals surface area contributed by atoms with Crippen LogP contribution in [0.25, 0.3) is 141 Å². The van der Waals surface area contributed by atoms with Crippen LogP contribution in [0.1, 0.15) is 0 Å². The van der Waals surface area contributed by atoms with E-state index in [-0.39, 0.29) is 0 Å². The van der Waals surface area contributed by atoms with Gasteiger partial charge in [0.05, 0.1) is 31.5 Å². The van der Waals surface area contributed by atoms with Gasteiger partial charge < -0.3 is 18.9 Å². The van der Waals surface area contributed by atoms with Crippen LogP contribution in [0, 0.1) is 0 Å². The SMILES string of the molecule is c1ccc(-c2ccc(-c3ccc(N(c4ccccc4)c4cccc(-c5cccc6c5sc5c7ccccc7n(-c7ccccc7)c65)c4)cc3)cc2)cc1.c1ccc(-c2ccc(N(c3ccc(-c4ccccc4)cc3)c3cccc(-c4cccc5c4sc4c6ccccc6n(-c6ccccc6)c54)c3)cc2)cc1. The second-order valence-corrected chi connectivity index (χ2v) is 28.8. The highest BCUT2D eigenvalue weighted by Crippen LogP contribution is 2.49. The van der Waals surface area contributed by atoms with Crippen LogP contribution in [0.5, 0.6) is 0 Å². The third-order valence-corrected chi connectivity index (χ3v) is 22.9. The molecule has 20 aromatic rings. The van der Waals surface area contributed by atoms with E-state index < -0.39 is 0 Å². The molecule has 0 N–H and O–H groups in total. The van der Waals surface area contributed by atoms with Gasteiger partial charge in [0.1, 0.15) is 0 Å². The summed E-state index contributed by atoms with van der Waals surface area (Å²) in [6, 6.07) is 149. The fraction of sp³-hybridized carbons (Fsp3) is 0. The quantitative estimate of drug-likeness (QED) is 0.108. The molecule has 4 nitrogen and oxygen atoms in total. The molecule has 0 radical (unpaired) electrons. The van der Waals surface area contributed by atoms with E-state index in [1.165, 1.54) is 141 Å². The van der Waals surface area contributed by atoms with Crippen molar-refractivity contribution in [2.45, 2.75) is 0 Å². The maximum absolute atomic E-state index is 2.43. The highest BCUT2D eigenvalue weighted by atomic mass is 32.1. The van der Waals surface area contributed by atoms with Gasteiger partial charge in [-0.25, -0.2) is 0 Å². The molecule has 0 aliphatic carbocycles. The molecule has 4 heterocycles. The molecule has 6 heteroatoms. The van der Waals surface area contributed by atoms with Gasteiger partial charge in [-0.15, -0.1) is 22.7 Å². The lowest BCUT2D eigenvalue weighted by molar-refractivity contribution is 1.19. The number of thiophene rings is 2. The van der Waals surface area contributed by atoms with Crippen LogP contribution in [0.4, 0.5) is 34.1 Å². The largest absolute Gasteiger partial charge is 0.310 e. The maximum Gasteiger partial charge on any atom is 0.0727 e. The molecule has 0 saturated heterocycles. The third-order valence-electron chi connectivity index (χ3n) is 20.4. The number of benzene rings is 16. The smallest absolute Gasteiger partial charge is 0.0727 e. The van der Waals surface area contributed by atoms with E-state index in [1.54, 1.807) is 0 Å². The molecular weight excluding hydrogens is 1320 g/mol. The van der Waals surface area contributed by atoms with Crippen molar-refractivity contribution < 1.29 is 0 Å². The summed E-state index contributed by atoms with van der Waals surface area (Å²) in [5.74, 6) is 0. The van der Waals surface area contributed by atoms with E-state index in [2.05, 4.69) is 431 Å². The van der Waals surface area contributed by atoms with Crippen molar-refractivity contribution in [3.63, 3.8) is 0 Å². The molecule has 4 aromatic heterocycles. The molecule has 0 unspecified atom stereocenters. The summed E-state index contributed by atoms with van der Waals surface area (Å²) in [6.07, 6.45) is 0. The van der Waals surface area contributed by atoms with Crippen LogP contribution < -0.4 is 9.80 Å². The Morgan fingerprint density at radius 1 is 0.179 bits per heavy atom. The molecular formula is C100H68N4S2. The topological polar surface area (TPSA) is 16.3 Å². The van der Waals surface area contributed by atoms with Gasteiger partial charge in [-0.1, -0.05) is 303 Å². The molecule has 0 saturated carbocycles. The summed E-state index contributed by atoms with van der Waals surface area (Å²) in [5.41, 5.74) is 28.6. The van der Waals surface area contributed by atoms with E-state index in [4.69, 9.17) is 0 Å². The molecule has 0 fully saturated rings. The second-order valence-electron chi connectivity index (χ2n) is 26.7. The van der Waals surface area contributed by atoms with Gasteiger partial charge in [-0.2, -0.15) is 0 Å². The summed E-state index contributed by atoms with van der Waals surface area (Å²) in [4.78, 5) is 4.72. The third kappa shape index (κ3) is 11.8. The fourth-order valence-corrected chi connectivity index (χ4v) is 18.1. The summed E-state index contributed by atoms with van der Waals surface area (Å²) in [5, 5.41) is 5.13. The molecule has 0 atom stereocenters. The first-order valence-electron chi connectivity index (χ1n) is 36.0. The Morgan fingerprint density at radius 3 is 0.792 bits per heavy atom. The average molecular weight is 1390 g/mol. The van der Waals surface area contributed by atoms with Gasteiger partial charge >= 0.3 is 0 Å². The van der Waals surface area contributed by atoms with Crippen LogP contribution in [-0.2, 0) is 0 Å². The van der Waals surface area contributed by atoms with E-state index in [0.29, 0.717) is 0 Å². The van der Waals surface area contributed by atoms with Crippen LogP contribution in [-0.4, -0.2) is 9.13 Å². The summed E-state index contributed by atoms with van der Waals surface area (Å²) < 4.78 is 10.1. The number of anilines is 6. The van der Waals surface area contributed by atoms with Crippen LogP contribution in [0.15, 0.2) is 413 Å². The summed E-state index contributed by atoms with van der Waals surface area (Å²) in [6.45, 7) is 0. The van der Waals surface area contributed by atoms with E-state index in [1.807, 2.05) is 22.7 Å². The van der Waals surface area contributed by atoms with Crippen molar-refractivity contribution in [1.82, 2.24) is 9.13 Å². The number of para-hydroxylation sites is 5. The Morgan fingerprint density at radius 2 is 0.434 bits per heavy atom. The highest BCUT2D eigenvalue weighted by molar-refractivity contribution is 7.27. The van der Waals surface area contributed by atoms with Crippen molar-refractivity contribution in [2.24, 2.45) is 0 Å². The van der Waals surface area contributed by atoms with E-state index in [9.17, 15) is 0 Å². The zero-order chi connectivity index (χ0) is 70.3. The zero-order valence-electron chi connectivity index (χ0n) is 57.9. The Hall–Kier alpha value is -13.4. The fourth-order valence-electron chi connectivity index (χ4n) is 15.4. The van der Waals surface area contributed by atoms with Gasteiger partial charge in [-0.05, 0) is 176 Å². The monoisotopic (exact) mass is 1390 g/mol. The van der Waals surface area contributed by atoms with Crippen molar-refractivity contribution in [3.8, 4) is 78.1 Å². The lowest BCUT2D eigenvalue weighted by Crippen LogP contribution is -2.10. The van der Waals surface area contributed by atoms with Crippen LogP contribution in [0.2, 0.25) is 0 Å². The molecule has 0 bridgehead atoms. The van der Waals surface area contributed by atoms with Crippen molar-refractivity contribution in [3.05, 3.63) is 413 Å². The molecule has 0 spiro atoms. The number of nitrogens with zero attached hydrogens (tertiary/aromatic N) is 4. The average Bonchev–Trinajstić information content (AvgIpc) is 1.56. The summed E-state index contributed by atoms with van der Waals surface area (Å²) in [7, 11) is 0. The molecule has 0 aliphatic rings. The normalized spacial score (nSPS) is 11.4. The van der Waals surface area contributed by atoms with Crippen molar-refractivity contribution in [2.75, 3.05) is 9.80 Å². The Labute approximate surface area is 624 Å². The van der Waals surface area contributed by atoms with Gasteiger partial charge in [0.15, 0.2) is 0 Å². The standard InChI is InChI=1S/2C50H34N2S/c1-4-14-35(15-5-1)36-26-28-37(29-27-36)38-30-32-42(33-31-38)51(40-17-6-2-7-18-40)43-21-12-16-39(34-43)44-23-13-24-46-48-50(53-49(44)46)45-22-10-11-25-47(45)52(48)41-19-8-3-9-20-41;1-4-14-35(15-5-1)37-26-30-41(31-27-37)51(42-32-28-38(29-33-42)36-16-6-2-7-17-36)43-21-12-18-39(34-43)44-23-13-24-46-48-50(53-49(44)46)45-22-10-11-25-47(45)52(48)40-19-8-3-9-20-40/h2*1-34H. The first-order chi connectivity index (χ1) is 52.6. The van der Waals surface area contributed by atoms with Crippen molar-refractivity contribution in [1.29, 1.82) is 0 Å². The first kappa shape index (κ1) is 63.6. The molecule has 0 amide bonds. The van der Waals surface area contributed by atoms with E-state index >= 15 is 0 Å². The minimum Gasteiger partial charge on any atom is -0.310 e. The minimum absolute atomic E-state index is 1.11. The number of hydrogen-bond acceptors (Lipinski definition) is 4. The Balaban J connectivity index is 0.000000145.